The molecule has 0 saturated carbocycles. The van der Waals surface area contributed by atoms with Crippen molar-refractivity contribution in [3.63, 3.8) is 0 Å². The molecule has 0 spiro atoms. The van der Waals surface area contributed by atoms with E-state index in [4.69, 9.17) is 14.2 Å². The van der Waals surface area contributed by atoms with Gasteiger partial charge in [-0.25, -0.2) is 4.79 Å². The molecule has 26 heavy (non-hydrogen) atoms. The molecule has 0 radical (unpaired) electrons. The summed E-state index contributed by atoms with van der Waals surface area (Å²) >= 11 is 0. The smallest absolute Gasteiger partial charge is 0.337 e. The molecule has 1 atom stereocenters. The van der Waals surface area contributed by atoms with Crippen LogP contribution in [-0.2, 0) is 16.1 Å². The van der Waals surface area contributed by atoms with Crippen molar-refractivity contribution in [3.8, 4) is 11.5 Å². The Kier molecular flexibility index (Phi) is 5.11. The topological polar surface area (TPSA) is 65.1 Å². The number of ether oxygens (including phenoxy) is 3. The third-order valence-corrected chi connectivity index (χ3v) is 4.35. The number of amides is 1. The van der Waals surface area contributed by atoms with Gasteiger partial charge >= 0.3 is 5.97 Å². The van der Waals surface area contributed by atoms with Crippen LogP contribution in [-0.4, -0.2) is 32.2 Å². The molecule has 1 aliphatic rings. The lowest BCUT2D eigenvalue weighted by molar-refractivity contribution is -0.126. The lowest BCUT2D eigenvalue weighted by Crippen LogP contribution is -2.45. The molecule has 0 aromatic heterocycles. The first kappa shape index (κ1) is 17.8. The van der Waals surface area contributed by atoms with Crippen molar-refractivity contribution in [1.29, 1.82) is 0 Å². The van der Waals surface area contributed by atoms with Crippen molar-refractivity contribution < 1.29 is 23.8 Å². The molecule has 2 aromatic carbocycles. The molecule has 1 amide bonds. The Labute approximate surface area is 152 Å². The van der Waals surface area contributed by atoms with Gasteiger partial charge < -0.3 is 19.1 Å². The normalized spacial score (nSPS) is 15.9. The van der Waals surface area contributed by atoms with E-state index in [0.29, 0.717) is 30.0 Å². The van der Waals surface area contributed by atoms with Gasteiger partial charge in [0.1, 0.15) is 11.5 Å². The van der Waals surface area contributed by atoms with Crippen LogP contribution in [0.15, 0.2) is 42.5 Å². The Morgan fingerprint density at radius 3 is 2.50 bits per heavy atom. The number of hydrogen-bond acceptors (Lipinski definition) is 5. The van der Waals surface area contributed by atoms with Crippen molar-refractivity contribution in [2.75, 3.05) is 19.1 Å². The fourth-order valence-corrected chi connectivity index (χ4v) is 2.90. The molecule has 0 aliphatic carbocycles. The van der Waals surface area contributed by atoms with Gasteiger partial charge in [0.15, 0.2) is 6.10 Å². The van der Waals surface area contributed by atoms with E-state index in [-0.39, 0.29) is 5.91 Å². The minimum Gasteiger partial charge on any atom is -0.497 e. The zero-order chi connectivity index (χ0) is 18.7. The maximum Gasteiger partial charge on any atom is 0.337 e. The molecule has 0 N–H and O–H groups in total. The molecule has 2 aromatic rings. The van der Waals surface area contributed by atoms with Gasteiger partial charge in [0, 0.05) is 0 Å². The van der Waals surface area contributed by atoms with Crippen molar-refractivity contribution in [2.24, 2.45) is 0 Å². The molecule has 3 rings (SSSR count). The quantitative estimate of drug-likeness (QED) is 0.771. The summed E-state index contributed by atoms with van der Waals surface area (Å²) in [5.41, 5.74) is 1.89. The van der Waals surface area contributed by atoms with Crippen LogP contribution in [0.25, 0.3) is 0 Å². The first-order valence-electron chi connectivity index (χ1n) is 8.40. The molecule has 1 unspecified atom stereocenters. The van der Waals surface area contributed by atoms with Crippen molar-refractivity contribution in [3.05, 3.63) is 53.6 Å². The van der Waals surface area contributed by atoms with Crippen LogP contribution in [0.3, 0.4) is 0 Å². The Morgan fingerprint density at radius 1 is 1.15 bits per heavy atom. The van der Waals surface area contributed by atoms with E-state index < -0.39 is 12.1 Å². The van der Waals surface area contributed by atoms with E-state index in [2.05, 4.69) is 0 Å². The van der Waals surface area contributed by atoms with Crippen molar-refractivity contribution in [1.82, 2.24) is 0 Å². The number of esters is 1. The fraction of sp³-hybridized carbons (Fsp3) is 0.300. The van der Waals surface area contributed by atoms with Gasteiger partial charge in [-0.05, 0) is 42.3 Å². The second-order valence-corrected chi connectivity index (χ2v) is 5.96. The lowest BCUT2D eigenvalue weighted by Gasteiger charge is -2.34. The third kappa shape index (κ3) is 3.35. The highest BCUT2D eigenvalue weighted by atomic mass is 16.5. The van der Waals surface area contributed by atoms with Crippen LogP contribution < -0.4 is 14.4 Å². The predicted molar refractivity (Wildman–Crippen MR) is 96.7 cm³/mol. The summed E-state index contributed by atoms with van der Waals surface area (Å²) in [6.07, 6.45) is 0.0283. The molecule has 0 saturated heterocycles. The summed E-state index contributed by atoms with van der Waals surface area (Å²) in [5.74, 6) is 0.750. The van der Waals surface area contributed by atoms with E-state index in [1.807, 2.05) is 31.2 Å². The molecular formula is C20H21NO5. The third-order valence-electron chi connectivity index (χ3n) is 4.35. The van der Waals surface area contributed by atoms with Gasteiger partial charge in [-0.3, -0.25) is 4.79 Å². The summed E-state index contributed by atoms with van der Waals surface area (Å²) < 4.78 is 15.8. The molecule has 0 bridgehead atoms. The van der Waals surface area contributed by atoms with Gasteiger partial charge in [0.25, 0.3) is 5.91 Å². The van der Waals surface area contributed by atoms with Crippen LogP contribution in [0.1, 0.15) is 29.3 Å². The van der Waals surface area contributed by atoms with Gasteiger partial charge in [-0.1, -0.05) is 19.1 Å². The van der Waals surface area contributed by atoms with Gasteiger partial charge in [-0.15, -0.1) is 0 Å². The number of rotatable bonds is 5. The summed E-state index contributed by atoms with van der Waals surface area (Å²) in [4.78, 5) is 26.4. The minimum atomic E-state index is -0.537. The fourth-order valence-electron chi connectivity index (χ4n) is 2.90. The number of anilines is 1. The number of methoxy groups -OCH3 is 2. The molecule has 136 valence electrons. The van der Waals surface area contributed by atoms with Crippen molar-refractivity contribution in [2.45, 2.75) is 26.0 Å². The highest BCUT2D eigenvalue weighted by Crippen LogP contribution is 2.36. The van der Waals surface area contributed by atoms with Crippen LogP contribution >= 0.6 is 0 Å². The Morgan fingerprint density at radius 2 is 1.88 bits per heavy atom. The van der Waals surface area contributed by atoms with E-state index in [1.54, 1.807) is 30.2 Å². The number of hydrogen-bond donors (Lipinski definition) is 0. The molecule has 6 nitrogen and oxygen atoms in total. The summed E-state index contributed by atoms with van der Waals surface area (Å²) in [5, 5.41) is 0. The highest BCUT2D eigenvalue weighted by molar-refractivity contribution is 6.01. The number of nitrogens with zero attached hydrogens (tertiary/aromatic N) is 1. The van der Waals surface area contributed by atoms with Crippen LogP contribution in [0.4, 0.5) is 5.69 Å². The number of carbonyl (C=O) groups excluding carboxylic acids is 2. The maximum absolute atomic E-state index is 12.9. The highest BCUT2D eigenvalue weighted by Gasteiger charge is 2.34. The lowest BCUT2D eigenvalue weighted by atomic mass is 10.1. The minimum absolute atomic E-state index is 0.127. The van der Waals surface area contributed by atoms with E-state index in [9.17, 15) is 9.59 Å². The standard InChI is InChI=1S/C20H21NO5/c1-4-17-19(22)21(12-13-5-8-15(24-2)9-6-13)16-11-14(20(23)25-3)7-10-18(16)26-17/h5-11,17H,4,12H2,1-3H3. The van der Waals surface area contributed by atoms with Crippen LogP contribution in [0, 0.1) is 0 Å². The van der Waals surface area contributed by atoms with E-state index in [1.165, 1.54) is 7.11 Å². The Bertz CT molecular complexity index is 815. The summed E-state index contributed by atoms with van der Waals surface area (Å²) in [6.45, 7) is 2.28. The Balaban J connectivity index is 1.98. The molecule has 1 heterocycles. The van der Waals surface area contributed by atoms with E-state index in [0.717, 1.165) is 11.3 Å². The second-order valence-electron chi connectivity index (χ2n) is 5.96. The predicted octanol–water partition coefficient (Wildman–Crippen LogP) is 3.19. The zero-order valence-corrected chi connectivity index (χ0v) is 15.0. The van der Waals surface area contributed by atoms with Gasteiger partial charge in [0.05, 0.1) is 32.0 Å². The molecule has 6 heteroatoms. The SMILES string of the molecule is CCC1Oc2ccc(C(=O)OC)cc2N(Cc2ccc(OC)cc2)C1=O. The average molecular weight is 355 g/mol. The largest absolute Gasteiger partial charge is 0.497 e. The average Bonchev–Trinajstić information content (AvgIpc) is 2.69. The first-order valence-corrected chi connectivity index (χ1v) is 8.40. The van der Waals surface area contributed by atoms with Gasteiger partial charge in [-0.2, -0.15) is 0 Å². The number of fused-ring (bicyclic) bond motifs is 1. The zero-order valence-electron chi connectivity index (χ0n) is 15.0. The summed E-state index contributed by atoms with van der Waals surface area (Å²) in [6, 6.07) is 12.5. The number of benzene rings is 2. The van der Waals surface area contributed by atoms with E-state index >= 15 is 0 Å². The maximum atomic E-state index is 12.9. The van der Waals surface area contributed by atoms with Crippen LogP contribution in [0.2, 0.25) is 0 Å². The van der Waals surface area contributed by atoms with Crippen molar-refractivity contribution >= 4 is 17.6 Å². The monoisotopic (exact) mass is 355 g/mol. The molecule has 1 aliphatic heterocycles. The molecule has 0 fully saturated rings. The number of carbonyl (C=O) groups is 2. The molecular weight excluding hydrogens is 334 g/mol. The first-order chi connectivity index (χ1) is 12.6. The van der Waals surface area contributed by atoms with Gasteiger partial charge in [0.2, 0.25) is 0 Å². The second kappa shape index (κ2) is 7.47. The summed E-state index contributed by atoms with van der Waals surface area (Å²) in [7, 11) is 2.93. The Hall–Kier alpha value is -3.02. The van der Waals surface area contributed by atoms with Crippen LogP contribution in [0.5, 0.6) is 11.5 Å².